The molecular formula is C21H21N3O4S2. The molecule has 0 spiro atoms. The first-order valence-electron chi connectivity index (χ1n) is 9.61. The van der Waals surface area contributed by atoms with Crippen LogP contribution in [-0.2, 0) is 14.8 Å². The van der Waals surface area contributed by atoms with Gasteiger partial charge in [0.2, 0.25) is 15.9 Å². The fraction of sp³-hybridized carbons (Fsp3) is 0.286. The molecule has 0 unspecified atom stereocenters. The second-order valence-corrected chi connectivity index (χ2v) is 10.0. The van der Waals surface area contributed by atoms with Gasteiger partial charge in [0.15, 0.2) is 5.78 Å². The van der Waals surface area contributed by atoms with Gasteiger partial charge in [-0.05, 0) is 44.0 Å². The zero-order chi connectivity index (χ0) is 21.3. The third kappa shape index (κ3) is 4.14. The summed E-state index contributed by atoms with van der Waals surface area (Å²) in [4.78, 5) is 30.7. The Hall–Kier alpha value is -2.62. The van der Waals surface area contributed by atoms with E-state index < -0.39 is 10.0 Å². The van der Waals surface area contributed by atoms with Crippen LogP contribution in [0.1, 0.15) is 41.2 Å². The van der Waals surface area contributed by atoms with E-state index in [1.165, 1.54) is 25.1 Å². The number of aromatic nitrogens is 1. The highest BCUT2D eigenvalue weighted by Crippen LogP contribution is 2.36. The van der Waals surface area contributed by atoms with Crippen molar-refractivity contribution in [2.75, 3.05) is 13.1 Å². The van der Waals surface area contributed by atoms with Gasteiger partial charge in [-0.3, -0.25) is 9.59 Å². The van der Waals surface area contributed by atoms with E-state index in [0.717, 1.165) is 28.1 Å². The molecule has 0 bridgehead atoms. The number of Topliss-reactive ketones (excluding diaryl/α,β-unsaturated/α-hetero) is 1. The van der Waals surface area contributed by atoms with Crippen LogP contribution in [-0.4, -0.2) is 43.1 Å². The molecule has 0 saturated carbocycles. The van der Waals surface area contributed by atoms with E-state index >= 15 is 0 Å². The highest BCUT2D eigenvalue weighted by Gasteiger charge is 2.32. The van der Waals surface area contributed by atoms with Crippen LogP contribution >= 0.6 is 11.3 Å². The summed E-state index contributed by atoms with van der Waals surface area (Å²) in [5.74, 6) is -0.512. The minimum absolute atomic E-state index is 0.0351. The number of nitrogens with one attached hydrogen (secondary N) is 1. The van der Waals surface area contributed by atoms with E-state index in [4.69, 9.17) is 0 Å². The van der Waals surface area contributed by atoms with Gasteiger partial charge in [0.1, 0.15) is 5.01 Å². The standard InChI is InChI=1S/C21H21N3O4S2/c1-14(25)15-6-4-7-16(12-15)30(27,28)22-13-20(26)24-11-5-9-18(24)21-23-17-8-2-3-10-19(17)29-21/h2-4,6-8,10,12,18,22H,5,9,11,13H2,1H3/t18-/m0/s1. The Labute approximate surface area is 178 Å². The number of para-hydroxylation sites is 1. The molecule has 4 rings (SSSR count). The number of hydrogen-bond donors (Lipinski definition) is 1. The highest BCUT2D eigenvalue weighted by molar-refractivity contribution is 7.89. The van der Waals surface area contributed by atoms with Gasteiger partial charge in [-0.15, -0.1) is 11.3 Å². The van der Waals surface area contributed by atoms with Crippen LogP contribution in [0.2, 0.25) is 0 Å². The maximum Gasteiger partial charge on any atom is 0.241 e. The molecule has 1 aliphatic heterocycles. The van der Waals surface area contributed by atoms with Crippen LogP contribution in [0, 0.1) is 0 Å². The molecule has 1 N–H and O–H groups in total. The maximum atomic E-state index is 12.8. The lowest BCUT2D eigenvalue weighted by Gasteiger charge is -2.23. The fourth-order valence-electron chi connectivity index (χ4n) is 3.58. The number of sulfonamides is 1. The molecular weight excluding hydrogens is 422 g/mol. The smallest absolute Gasteiger partial charge is 0.241 e. The van der Waals surface area contributed by atoms with Crippen molar-refractivity contribution in [2.45, 2.75) is 30.7 Å². The van der Waals surface area contributed by atoms with Crippen LogP contribution in [0.25, 0.3) is 10.2 Å². The predicted octanol–water partition coefficient (Wildman–Crippen LogP) is 3.14. The van der Waals surface area contributed by atoms with E-state index in [1.54, 1.807) is 22.3 Å². The van der Waals surface area contributed by atoms with Crippen LogP contribution < -0.4 is 4.72 Å². The number of fused-ring (bicyclic) bond motifs is 1. The second-order valence-electron chi connectivity index (χ2n) is 7.17. The topological polar surface area (TPSA) is 96.4 Å². The molecule has 0 aliphatic carbocycles. The SMILES string of the molecule is CC(=O)c1cccc(S(=O)(=O)NCC(=O)N2CCC[C@H]2c2nc3ccccc3s2)c1. The number of rotatable bonds is 6. The van der Waals surface area contributed by atoms with Crippen molar-refractivity contribution in [1.82, 2.24) is 14.6 Å². The zero-order valence-electron chi connectivity index (χ0n) is 16.4. The van der Waals surface area contributed by atoms with Crippen molar-refractivity contribution in [2.24, 2.45) is 0 Å². The van der Waals surface area contributed by atoms with Gasteiger partial charge < -0.3 is 4.90 Å². The third-order valence-electron chi connectivity index (χ3n) is 5.13. The summed E-state index contributed by atoms with van der Waals surface area (Å²) in [6.45, 7) is 1.60. The van der Waals surface area contributed by atoms with Gasteiger partial charge in [0, 0.05) is 12.1 Å². The average Bonchev–Trinajstić information content (AvgIpc) is 3.38. The van der Waals surface area contributed by atoms with Gasteiger partial charge >= 0.3 is 0 Å². The summed E-state index contributed by atoms with van der Waals surface area (Å²) in [5.41, 5.74) is 1.21. The van der Waals surface area contributed by atoms with Crippen molar-refractivity contribution in [3.63, 3.8) is 0 Å². The Bertz CT molecular complexity index is 1190. The van der Waals surface area contributed by atoms with Crippen molar-refractivity contribution in [3.8, 4) is 0 Å². The van der Waals surface area contributed by atoms with Gasteiger partial charge in [-0.25, -0.2) is 18.1 Å². The molecule has 2 aromatic carbocycles. The molecule has 30 heavy (non-hydrogen) atoms. The summed E-state index contributed by atoms with van der Waals surface area (Å²) in [6.07, 6.45) is 1.65. The third-order valence-corrected chi connectivity index (χ3v) is 7.67. The lowest BCUT2D eigenvalue weighted by molar-refractivity contribution is -0.130. The average molecular weight is 444 g/mol. The van der Waals surface area contributed by atoms with Gasteiger partial charge in [0.25, 0.3) is 0 Å². The first kappa shape index (κ1) is 20.6. The molecule has 3 aromatic rings. The van der Waals surface area contributed by atoms with Crippen LogP contribution in [0.4, 0.5) is 0 Å². The quantitative estimate of drug-likeness (QED) is 0.591. The lowest BCUT2D eigenvalue weighted by Crippen LogP contribution is -2.39. The Morgan fingerprint density at radius 2 is 2.00 bits per heavy atom. The van der Waals surface area contributed by atoms with Crippen molar-refractivity contribution < 1.29 is 18.0 Å². The fourth-order valence-corrected chi connectivity index (χ4v) is 5.71. The largest absolute Gasteiger partial charge is 0.332 e. The van der Waals surface area contributed by atoms with Crippen LogP contribution in [0.5, 0.6) is 0 Å². The Kier molecular flexibility index (Phi) is 5.68. The number of ketones is 1. The Balaban J connectivity index is 1.47. The molecule has 1 fully saturated rings. The second kappa shape index (κ2) is 8.25. The molecule has 1 amide bonds. The van der Waals surface area contributed by atoms with Crippen LogP contribution in [0.15, 0.2) is 53.4 Å². The summed E-state index contributed by atoms with van der Waals surface area (Å²) in [7, 11) is -3.91. The first-order chi connectivity index (χ1) is 14.3. The molecule has 0 radical (unpaired) electrons. The van der Waals surface area contributed by atoms with Gasteiger partial charge in [-0.2, -0.15) is 0 Å². The number of thiazole rings is 1. The minimum atomic E-state index is -3.91. The summed E-state index contributed by atoms with van der Waals surface area (Å²) >= 11 is 1.56. The number of carbonyl (C=O) groups is 2. The van der Waals surface area contributed by atoms with E-state index in [9.17, 15) is 18.0 Å². The number of carbonyl (C=O) groups excluding carboxylic acids is 2. The molecule has 7 nitrogen and oxygen atoms in total. The maximum absolute atomic E-state index is 12.8. The molecule has 1 saturated heterocycles. The monoisotopic (exact) mass is 443 g/mol. The van der Waals surface area contributed by atoms with Crippen molar-refractivity contribution in [3.05, 3.63) is 59.1 Å². The molecule has 2 heterocycles. The van der Waals surface area contributed by atoms with Crippen molar-refractivity contribution in [1.29, 1.82) is 0 Å². The van der Waals surface area contributed by atoms with E-state index in [1.807, 2.05) is 24.3 Å². The normalized spacial score (nSPS) is 16.8. The number of hydrogen-bond acceptors (Lipinski definition) is 6. The molecule has 1 atom stereocenters. The first-order valence-corrected chi connectivity index (χ1v) is 11.9. The number of nitrogens with zero attached hydrogens (tertiary/aromatic N) is 2. The number of amides is 1. The molecule has 1 aromatic heterocycles. The molecule has 1 aliphatic rings. The number of likely N-dealkylation sites (tertiary alicyclic amines) is 1. The van der Waals surface area contributed by atoms with E-state index in [0.29, 0.717) is 12.1 Å². The van der Waals surface area contributed by atoms with E-state index in [2.05, 4.69) is 9.71 Å². The highest BCUT2D eigenvalue weighted by atomic mass is 32.2. The zero-order valence-corrected chi connectivity index (χ0v) is 18.0. The molecule has 156 valence electrons. The molecule has 9 heteroatoms. The summed E-state index contributed by atoms with van der Waals surface area (Å²) < 4.78 is 28.6. The lowest BCUT2D eigenvalue weighted by atomic mass is 10.2. The summed E-state index contributed by atoms with van der Waals surface area (Å²) in [6, 6.07) is 13.5. The Morgan fingerprint density at radius 1 is 1.20 bits per heavy atom. The van der Waals surface area contributed by atoms with Gasteiger partial charge in [-0.1, -0.05) is 24.3 Å². The van der Waals surface area contributed by atoms with Crippen LogP contribution in [0.3, 0.4) is 0 Å². The number of benzene rings is 2. The van der Waals surface area contributed by atoms with Gasteiger partial charge in [0.05, 0.1) is 27.7 Å². The minimum Gasteiger partial charge on any atom is -0.332 e. The summed E-state index contributed by atoms with van der Waals surface area (Å²) in [5, 5.41) is 0.874. The van der Waals surface area contributed by atoms with Crippen molar-refractivity contribution >= 4 is 43.3 Å². The van der Waals surface area contributed by atoms with E-state index in [-0.39, 0.29) is 29.2 Å². The predicted molar refractivity (Wildman–Crippen MR) is 115 cm³/mol. The Morgan fingerprint density at radius 3 is 2.77 bits per heavy atom.